The van der Waals surface area contributed by atoms with Gasteiger partial charge >= 0.3 is 0 Å². The monoisotopic (exact) mass is 224 g/mol. The van der Waals surface area contributed by atoms with Gasteiger partial charge < -0.3 is 5.73 Å². The van der Waals surface area contributed by atoms with Crippen molar-refractivity contribution in [3.63, 3.8) is 0 Å². The zero-order valence-corrected chi connectivity index (χ0v) is 9.11. The van der Waals surface area contributed by atoms with Crippen LogP contribution in [0.3, 0.4) is 0 Å². The largest absolute Gasteiger partial charge is 0.369 e. The Kier molecular flexibility index (Phi) is 4.96. The van der Waals surface area contributed by atoms with Crippen LogP contribution in [0.5, 0.6) is 0 Å². The van der Waals surface area contributed by atoms with Crippen molar-refractivity contribution in [3.05, 3.63) is 45.3 Å². The van der Waals surface area contributed by atoms with Gasteiger partial charge in [0.15, 0.2) is 0 Å². The summed E-state index contributed by atoms with van der Waals surface area (Å²) < 4.78 is 0. The second-order valence-electron chi connectivity index (χ2n) is 2.45. The minimum absolute atomic E-state index is 0.266. The number of nitrogens with two attached hydrogens (primary N) is 1. The van der Waals surface area contributed by atoms with Crippen LogP contribution in [-0.2, 0) is 11.2 Å². The molecule has 0 aliphatic heterocycles. The summed E-state index contributed by atoms with van der Waals surface area (Å²) in [6.45, 7) is 0. The van der Waals surface area contributed by atoms with Gasteiger partial charge in [-0.05, 0) is 22.9 Å². The van der Waals surface area contributed by atoms with E-state index in [2.05, 4.69) is 5.38 Å². The van der Waals surface area contributed by atoms with Gasteiger partial charge in [0.2, 0.25) is 5.91 Å². The summed E-state index contributed by atoms with van der Waals surface area (Å²) in [5, 5.41) is 6.82. The molecular weight excluding hydrogens is 214 g/mol. The molecule has 0 bridgehead atoms. The predicted molar refractivity (Wildman–Crippen MR) is 60.4 cm³/mol. The van der Waals surface area contributed by atoms with Crippen LogP contribution in [0.15, 0.2) is 35.0 Å². The molecule has 0 fully saturated rings. The van der Waals surface area contributed by atoms with Crippen LogP contribution in [0, 0.1) is 5.38 Å². The zero-order chi connectivity index (χ0) is 10.2. The Hall–Kier alpha value is -1.13. The molecule has 2 aromatic rings. The van der Waals surface area contributed by atoms with Gasteiger partial charge in [0.05, 0.1) is 6.42 Å². The molecule has 2 aromatic heterocycles. The Morgan fingerprint density at radius 2 is 2.29 bits per heavy atom. The predicted octanol–water partition coefficient (Wildman–Crippen LogP) is 2.32. The summed E-state index contributed by atoms with van der Waals surface area (Å²) in [5.74, 6) is -0.266. The van der Waals surface area contributed by atoms with Gasteiger partial charge in [0.25, 0.3) is 0 Å². The van der Waals surface area contributed by atoms with Crippen LogP contribution < -0.4 is 5.73 Å². The van der Waals surface area contributed by atoms with E-state index < -0.39 is 0 Å². The number of amides is 1. The molecule has 0 unspecified atom stereocenters. The topological polar surface area (TPSA) is 43.1 Å². The fourth-order valence-corrected chi connectivity index (χ4v) is 1.89. The lowest BCUT2D eigenvalue weighted by atomic mass is 10.3. The number of carbonyl (C=O) groups excluding carboxylic acids is 1. The molecule has 0 aliphatic rings. The Bertz CT molecular complexity index is 323. The third kappa shape index (κ3) is 4.79. The third-order valence-corrected chi connectivity index (χ3v) is 2.75. The van der Waals surface area contributed by atoms with E-state index >= 15 is 0 Å². The lowest BCUT2D eigenvalue weighted by Gasteiger charge is -1.86. The quantitative estimate of drug-likeness (QED) is 0.836. The Morgan fingerprint density at radius 3 is 2.64 bits per heavy atom. The first-order chi connectivity index (χ1) is 6.79. The smallest absolute Gasteiger partial charge is 0.222 e. The van der Waals surface area contributed by atoms with Crippen LogP contribution in [0.2, 0.25) is 0 Å². The number of rotatable bonds is 2. The van der Waals surface area contributed by atoms with Crippen LogP contribution in [0.25, 0.3) is 0 Å². The van der Waals surface area contributed by atoms with Crippen LogP contribution in [0.4, 0.5) is 0 Å². The van der Waals surface area contributed by atoms with Gasteiger partial charge in [-0.3, -0.25) is 4.79 Å². The molecule has 0 spiro atoms. The fourth-order valence-electron chi connectivity index (χ4n) is 0.781. The lowest BCUT2D eigenvalue weighted by molar-refractivity contribution is -0.117. The summed E-state index contributed by atoms with van der Waals surface area (Å²) in [5.41, 5.74) is 4.95. The van der Waals surface area contributed by atoms with Crippen molar-refractivity contribution in [3.8, 4) is 0 Å². The second kappa shape index (κ2) is 6.34. The highest BCUT2D eigenvalue weighted by Crippen LogP contribution is 2.07. The van der Waals surface area contributed by atoms with E-state index in [0.717, 1.165) is 4.88 Å². The first kappa shape index (κ1) is 10.9. The van der Waals surface area contributed by atoms with Gasteiger partial charge in [0, 0.05) is 10.3 Å². The molecule has 0 saturated heterocycles. The van der Waals surface area contributed by atoms with Gasteiger partial charge in [-0.25, -0.2) is 0 Å². The molecule has 1 radical (unpaired) electrons. The van der Waals surface area contributed by atoms with Crippen molar-refractivity contribution in [2.24, 2.45) is 5.73 Å². The Labute approximate surface area is 91.0 Å². The van der Waals surface area contributed by atoms with Crippen LogP contribution in [-0.4, -0.2) is 5.91 Å². The highest BCUT2D eigenvalue weighted by atomic mass is 32.1. The first-order valence-electron chi connectivity index (χ1n) is 3.99. The molecule has 14 heavy (non-hydrogen) atoms. The summed E-state index contributed by atoms with van der Waals surface area (Å²) in [6, 6.07) is 7.66. The van der Waals surface area contributed by atoms with E-state index in [1.54, 1.807) is 22.7 Å². The molecule has 1 amide bonds. The number of thiophene rings is 2. The molecule has 0 aromatic carbocycles. The number of carbonyl (C=O) groups is 1. The molecule has 2 N–H and O–H groups in total. The second-order valence-corrected chi connectivity index (χ2v) is 4.23. The minimum Gasteiger partial charge on any atom is -0.369 e. The average molecular weight is 224 g/mol. The molecule has 2 nitrogen and oxygen atoms in total. The average Bonchev–Trinajstić information content (AvgIpc) is 2.75. The third-order valence-electron chi connectivity index (χ3n) is 1.31. The van der Waals surface area contributed by atoms with Gasteiger partial charge in [-0.15, -0.1) is 22.7 Å². The van der Waals surface area contributed by atoms with E-state index in [0.29, 0.717) is 6.42 Å². The maximum atomic E-state index is 10.3. The summed E-state index contributed by atoms with van der Waals surface area (Å²) in [7, 11) is 0. The molecule has 2 heterocycles. The maximum Gasteiger partial charge on any atom is 0.222 e. The highest BCUT2D eigenvalue weighted by Gasteiger charge is 1.96. The van der Waals surface area contributed by atoms with Crippen molar-refractivity contribution in [2.45, 2.75) is 6.42 Å². The van der Waals surface area contributed by atoms with Crippen LogP contribution >= 0.6 is 22.7 Å². The van der Waals surface area contributed by atoms with Crippen molar-refractivity contribution >= 4 is 28.6 Å². The standard InChI is InChI=1S/C6H7NOS.C4H3S/c7-6(8)4-5-2-1-3-9-5;1-2-4-5-3-1/h1-3H,4H2,(H2,7,8);1-3H. The summed E-state index contributed by atoms with van der Waals surface area (Å²) >= 11 is 3.14. The lowest BCUT2D eigenvalue weighted by Crippen LogP contribution is -2.12. The minimum atomic E-state index is -0.266. The highest BCUT2D eigenvalue weighted by molar-refractivity contribution is 7.10. The van der Waals surface area contributed by atoms with E-state index in [-0.39, 0.29) is 5.91 Å². The van der Waals surface area contributed by atoms with Crippen LogP contribution in [0.1, 0.15) is 4.88 Å². The maximum absolute atomic E-state index is 10.3. The number of hydrogen-bond donors (Lipinski definition) is 1. The van der Waals surface area contributed by atoms with E-state index in [9.17, 15) is 4.79 Å². The molecule has 0 atom stereocenters. The normalized spacial score (nSPS) is 8.86. The Balaban J connectivity index is 0.000000165. The number of primary amides is 1. The van der Waals surface area contributed by atoms with Gasteiger partial charge in [-0.1, -0.05) is 12.1 Å². The fraction of sp³-hybridized carbons (Fsp3) is 0.100. The van der Waals surface area contributed by atoms with Gasteiger partial charge in [-0.2, -0.15) is 0 Å². The zero-order valence-electron chi connectivity index (χ0n) is 7.47. The van der Waals surface area contributed by atoms with E-state index in [1.807, 2.05) is 35.0 Å². The molecule has 2 rings (SSSR count). The molecule has 0 aliphatic carbocycles. The molecule has 4 heteroatoms. The van der Waals surface area contributed by atoms with Gasteiger partial charge in [0.1, 0.15) is 0 Å². The van der Waals surface area contributed by atoms with E-state index in [4.69, 9.17) is 5.73 Å². The molecule has 0 saturated carbocycles. The van der Waals surface area contributed by atoms with Crippen molar-refractivity contribution < 1.29 is 4.79 Å². The van der Waals surface area contributed by atoms with Crippen molar-refractivity contribution in [1.82, 2.24) is 0 Å². The first-order valence-corrected chi connectivity index (χ1v) is 5.75. The Morgan fingerprint density at radius 1 is 1.43 bits per heavy atom. The number of hydrogen-bond acceptors (Lipinski definition) is 3. The summed E-state index contributed by atoms with van der Waals surface area (Å²) in [6.07, 6.45) is 0.373. The van der Waals surface area contributed by atoms with E-state index in [1.165, 1.54) is 0 Å². The van der Waals surface area contributed by atoms with Crippen molar-refractivity contribution in [1.29, 1.82) is 0 Å². The van der Waals surface area contributed by atoms with Crippen molar-refractivity contribution in [2.75, 3.05) is 0 Å². The summed E-state index contributed by atoms with van der Waals surface area (Å²) in [4.78, 5) is 11.3. The molecular formula is C10H10NOS2. The molecule has 73 valence electrons. The SMILES string of the molecule is NC(=O)Cc1cccs1.[c]1cccs1.